The lowest BCUT2D eigenvalue weighted by Gasteiger charge is -1.88. The molecule has 3 nitrogen and oxygen atoms in total. The minimum Gasteiger partial charge on any atom is -0.380 e. The third-order valence-corrected chi connectivity index (χ3v) is 3.28. The molecule has 0 aliphatic carbocycles. The molecule has 2 heterocycles. The Bertz CT molecular complexity index is 435. The number of anilines is 1. The normalized spacial score (nSPS) is 10.6. The summed E-state index contributed by atoms with van der Waals surface area (Å²) < 4.78 is 5.81. The van der Waals surface area contributed by atoms with Crippen molar-refractivity contribution in [3.63, 3.8) is 0 Å². The van der Waals surface area contributed by atoms with Crippen molar-refractivity contribution in [2.24, 2.45) is 0 Å². The second-order valence-electron chi connectivity index (χ2n) is 2.66. The van der Waals surface area contributed by atoms with Gasteiger partial charge >= 0.3 is 0 Å². The minimum absolute atomic E-state index is 0.388. The highest BCUT2D eigenvalue weighted by molar-refractivity contribution is 9.10. The van der Waals surface area contributed by atoms with Crippen LogP contribution in [0.5, 0.6) is 0 Å². The van der Waals surface area contributed by atoms with Gasteiger partial charge < -0.3 is 10.3 Å². The number of nitrogens with zero attached hydrogens (tertiary/aromatic N) is 1. The maximum atomic E-state index is 5.54. The predicted molar refractivity (Wildman–Crippen MR) is 56.7 cm³/mol. The quantitative estimate of drug-likeness (QED) is 0.856. The van der Waals surface area contributed by atoms with E-state index in [4.69, 9.17) is 10.3 Å². The van der Waals surface area contributed by atoms with Gasteiger partial charge in [0.25, 0.3) is 0 Å². The van der Waals surface area contributed by atoms with Crippen LogP contribution in [0.1, 0.15) is 4.88 Å². The Morgan fingerprint density at radius 2 is 2.38 bits per heavy atom. The Hall–Kier alpha value is -0.810. The monoisotopic (exact) mass is 258 g/mol. The van der Waals surface area contributed by atoms with Crippen molar-refractivity contribution < 1.29 is 4.52 Å². The second kappa shape index (κ2) is 3.16. The lowest BCUT2D eigenvalue weighted by molar-refractivity contribution is 0.435. The van der Waals surface area contributed by atoms with Crippen LogP contribution in [0.25, 0.3) is 11.3 Å². The molecule has 2 rings (SSSR count). The van der Waals surface area contributed by atoms with Crippen molar-refractivity contribution >= 4 is 33.1 Å². The molecule has 0 amide bonds. The number of hydrogen-bond acceptors (Lipinski definition) is 4. The first-order valence-electron chi connectivity index (χ1n) is 3.64. The van der Waals surface area contributed by atoms with Crippen LogP contribution in [-0.4, -0.2) is 5.16 Å². The summed E-state index contributed by atoms with van der Waals surface area (Å²) in [5.74, 6) is 1.08. The summed E-state index contributed by atoms with van der Waals surface area (Å²) in [5, 5.41) is 5.68. The van der Waals surface area contributed by atoms with Gasteiger partial charge in [-0.15, -0.1) is 11.3 Å². The predicted octanol–water partition coefficient (Wildman–Crippen LogP) is 3.06. The van der Waals surface area contributed by atoms with E-state index in [1.165, 1.54) is 4.88 Å². The fraction of sp³-hybridized carbons (Fsp3) is 0.125. The molecule has 0 aromatic carbocycles. The van der Waals surface area contributed by atoms with Crippen molar-refractivity contribution in [2.45, 2.75) is 6.92 Å². The minimum atomic E-state index is 0.388. The Kier molecular flexibility index (Phi) is 2.13. The highest BCUT2D eigenvalue weighted by Gasteiger charge is 2.13. The van der Waals surface area contributed by atoms with Crippen LogP contribution in [0.3, 0.4) is 0 Å². The molecule has 13 heavy (non-hydrogen) atoms. The highest BCUT2D eigenvalue weighted by atomic mass is 79.9. The van der Waals surface area contributed by atoms with E-state index in [9.17, 15) is 0 Å². The molecule has 0 aliphatic heterocycles. The number of aryl methyl sites for hydroxylation is 1. The topological polar surface area (TPSA) is 52.0 Å². The largest absolute Gasteiger partial charge is 0.380 e. The van der Waals surface area contributed by atoms with Crippen LogP contribution in [0.15, 0.2) is 20.4 Å². The van der Waals surface area contributed by atoms with E-state index in [1.807, 2.05) is 18.4 Å². The molecule has 0 saturated carbocycles. The smallest absolute Gasteiger partial charge is 0.184 e. The summed E-state index contributed by atoms with van der Waals surface area (Å²) in [6, 6.07) is 2.04. The molecule has 0 fully saturated rings. The second-order valence-corrected chi connectivity index (χ2v) is 4.57. The number of hydrogen-bond donors (Lipinski definition) is 1. The molecule has 5 heteroatoms. The van der Waals surface area contributed by atoms with Crippen molar-refractivity contribution in [1.82, 2.24) is 5.16 Å². The summed E-state index contributed by atoms with van der Waals surface area (Å²) in [4.78, 5) is 1.23. The third kappa shape index (κ3) is 1.49. The number of nitrogens with two attached hydrogens (primary N) is 1. The van der Waals surface area contributed by atoms with Gasteiger partial charge in [0.05, 0.1) is 0 Å². The molecule has 2 aromatic rings. The van der Waals surface area contributed by atoms with Crippen LogP contribution >= 0.6 is 27.3 Å². The molecular weight excluding hydrogens is 252 g/mol. The van der Waals surface area contributed by atoms with Crippen molar-refractivity contribution in [2.75, 3.05) is 5.73 Å². The zero-order valence-corrected chi connectivity index (χ0v) is 9.28. The molecule has 0 unspecified atom stereocenters. The van der Waals surface area contributed by atoms with E-state index in [1.54, 1.807) is 11.3 Å². The molecule has 0 atom stereocenters. The lowest BCUT2D eigenvalue weighted by Crippen LogP contribution is -1.82. The van der Waals surface area contributed by atoms with Crippen molar-refractivity contribution in [1.29, 1.82) is 0 Å². The van der Waals surface area contributed by atoms with Gasteiger partial charge in [0.15, 0.2) is 11.6 Å². The van der Waals surface area contributed by atoms with Crippen LogP contribution in [-0.2, 0) is 0 Å². The fourth-order valence-corrected chi connectivity index (χ4v) is 2.09. The summed E-state index contributed by atoms with van der Waals surface area (Å²) in [5.41, 5.74) is 6.55. The third-order valence-electron chi connectivity index (χ3n) is 1.65. The Morgan fingerprint density at radius 1 is 1.62 bits per heavy atom. The first-order valence-corrected chi connectivity index (χ1v) is 5.32. The number of rotatable bonds is 1. The van der Waals surface area contributed by atoms with Crippen molar-refractivity contribution in [3.05, 3.63) is 20.8 Å². The first-order chi connectivity index (χ1) is 6.18. The van der Waals surface area contributed by atoms with Gasteiger partial charge in [-0.05, 0) is 28.9 Å². The molecular formula is C8H7BrN2OS. The maximum absolute atomic E-state index is 5.54. The van der Waals surface area contributed by atoms with Crippen LogP contribution in [0.4, 0.5) is 5.82 Å². The van der Waals surface area contributed by atoms with Gasteiger partial charge in [-0.25, -0.2) is 0 Å². The van der Waals surface area contributed by atoms with Gasteiger partial charge in [-0.3, -0.25) is 0 Å². The van der Waals surface area contributed by atoms with Gasteiger partial charge in [0, 0.05) is 15.8 Å². The SMILES string of the molecule is Cc1cc(-c2onc(N)c2Br)cs1. The number of aromatic nitrogens is 1. The zero-order chi connectivity index (χ0) is 9.42. The average molecular weight is 259 g/mol. The Labute approximate surface area is 87.7 Å². The Balaban J connectivity index is 2.52. The van der Waals surface area contributed by atoms with Crippen molar-refractivity contribution in [3.8, 4) is 11.3 Å². The first kappa shape index (κ1) is 8.77. The molecule has 0 spiro atoms. The molecule has 0 aliphatic rings. The van der Waals surface area contributed by atoms with Gasteiger partial charge in [-0.1, -0.05) is 5.16 Å². The Morgan fingerprint density at radius 3 is 2.85 bits per heavy atom. The van der Waals surface area contributed by atoms with E-state index in [2.05, 4.69) is 21.1 Å². The van der Waals surface area contributed by atoms with Gasteiger partial charge in [-0.2, -0.15) is 0 Å². The van der Waals surface area contributed by atoms with Gasteiger partial charge in [0.1, 0.15) is 4.47 Å². The van der Waals surface area contributed by atoms with E-state index in [0.29, 0.717) is 11.6 Å². The number of nitrogen functional groups attached to an aromatic ring is 1. The van der Waals surface area contributed by atoms with E-state index in [-0.39, 0.29) is 0 Å². The fourth-order valence-electron chi connectivity index (χ4n) is 1.03. The molecule has 2 aromatic heterocycles. The summed E-state index contributed by atoms with van der Waals surface area (Å²) in [7, 11) is 0. The van der Waals surface area contributed by atoms with Gasteiger partial charge in [0.2, 0.25) is 0 Å². The number of halogens is 1. The van der Waals surface area contributed by atoms with E-state index in [0.717, 1.165) is 10.0 Å². The van der Waals surface area contributed by atoms with Crippen LogP contribution in [0, 0.1) is 6.92 Å². The summed E-state index contributed by atoms with van der Waals surface area (Å²) in [6.45, 7) is 2.04. The average Bonchev–Trinajstić information content (AvgIpc) is 2.62. The molecule has 0 bridgehead atoms. The summed E-state index contributed by atoms with van der Waals surface area (Å²) >= 11 is 4.99. The van der Waals surface area contributed by atoms with E-state index >= 15 is 0 Å². The van der Waals surface area contributed by atoms with Crippen LogP contribution < -0.4 is 5.73 Å². The zero-order valence-electron chi connectivity index (χ0n) is 6.87. The lowest BCUT2D eigenvalue weighted by atomic mass is 10.2. The maximum Gasteiger partial charge on any atom is 0.184 e. The number of thiophene rings is 1. The molecule has 0 saturated heterocycles. The standard InChI is InChI=1S/C8H7BrN2OS/c1-4-2-5(3-13-4)7-6(9)8(10)11-12-7/h2-3H,1H3,(H2,10,11). The molecule has 68 valence electrons. The van der Waals surface area contributed by atoms with E-state index < -0.39 is 0 Å². The molecule has 0 radical (unpaired) electrons. The summed E-state index contributed by atoms with van der Waals surface area (Å²) in [6.07, 6.45) is 0. The van der Waals surface area contributed by atoms with Crippen LogP contribution in [0.2, 0.25) is 0 Å². The molecule has 2 N–H and O–H groups in total. The highest BCUT2D eigenvalue weighted by Crippen LogP contribution is 2.34.